The molecular formula is C24H27N3O5S. The van der Waals surface area contributed by atoms with Gasteiger partial charge >= 0.3 is 0 Å². The Morgan fingerprint density at radius 1 is 1.12 bits per heavy atom. The summed E-state index contributed by atoms with van der Waals surface area (Å²) in [5, 5.41) is 14.1. The highest BCUT2D eigenvalue weighted by molar-refractivity contribution is 7.80. The Hall–Kier alpha value is -3.30. The van der Waals surface area contributed by atoms with Crippen LogP contribution in [0.3, 0.4) is 0 Å². The average molecular weight is 470 g/mol. The topological polar surface area (TPSA) is 83.5 Å². The van der Waals surface area contributed by atoms with Crippen LogP contribution in [0.15, 0.2) is 53.7 Å². The number of amides is 1. The first-order valence-electron chi connectivity index (χ1n) is 10.6. The second-order valence-corrected chi connectivity index (χ2v) is 8.11. The van der Waals surface area contributed by atoms with Gasteiger partial charge in [-0.15, -0.1) is 0 Å². The predicted octanol–water partition coefficient (Wildman–Crippen LogP) is 2.98. The van der Waals surface area contributed by atoms with E-state index < -0.39 is 6.04 Å². The minimum Gasteiger partial charge on any atom is -0.504 e. The number of carbonyl (C=O) groups is 1. The maximum Gasteiger partial charge on any atom is 0.254 e. The molecule has 1 atom stereocenters. The third kappa shape index (κ3) is 4.34. The highest BCUT2D eigenvalue weighted by Gasteiger charge is 2.37. The number of nitrogens with one attached hydrogen (secondary N) is 1. The summed E-state index contributed by atoms with van der Waals surface area (Å²) in [6.07, 6.45) is 0. The summed E-state index contributed by atoms with van der Waals surface area (Å²) in [6, 6.07) is 12.1. The van der Waals surface area contributed by atoms with Crippen LogP contribution >= 0.6 is 12.2 Å². The largest absolute Gasteiger partial charge is 0.504 e. The van der Waals surface area contributed by atoms with E-state index in [9.17, 15) is 9.90 Å². The molecule has 0 radical (unpaired) electrons. The number of nitrogens with zero attached hydrogens (tertiary/aromatic N) is 2. The van der Waals surface area contributed by atoms with Crippen LogP contribution in [0.5, 0.6) is 17.2 Å². The fraction of sp³-hybridized carbons (Fsp3) is 0.333. The molecule has 8 nitrogen and oxygen atoms in total. The van der Waals surface area contributed by atoms with Crippen molar-refractivity contribution in [3.05, 3.63) is 59.3 Å². The number of anilines is 1. The average Bonchev–Trinajstić information content (AvgIpc) is 2.84. The molecule has 0 spiro atoms. The number of hydrogen-bond acceptors (Lipinski definition) is 6. The Bertz CT molecular complexity index is 1100. The number of phenolic OH excluding ortho intramolecular Hbond substituents is 1. The van der Waals surface area contributed by atoms with Gasteiger partial charge in [-0.25, -0.2) is 0 Å². The van der Waals surface area contributed by atoms with Gasteiger partial charge in [-0.3, -0.25) is 9.69 Å². The van der Waals surface area contributed by atoms with Crippen molar-refractivity contribution >= 4 is 28.9 Å². The van der Waals surface area contributed by atoms with E-state index in [1.165, 1.54) is 7.11 Å². The molecule has 0 bridgehead atoms. The summed E-state index contributed by atoms with van der Waals surface area (Å²) in [7, 11) is 3.09. The van der Waals surface area contributed by atoms with E-state index in [2.05, 4.69) is 5.32 Å². The number of thiocarbonyl (C=S) groups is 1. The standard InChI is InChI=1S/C24H27N3O5S/c1-15-21(23(29)26-10-12-32-13-11-26)22(16-8-9-20(31-3)18(28)14-16)25-24(33)27(15)17-6-4-5-7-19(17)30-2/h4-9,14,22,28H,10-13H2,1-3H3,(H,25,33). The van der Waals surface area contributed by atoms with E-state index in [-0.39, 0.29) is 11.7 Å². The molecule has 2 aromatic carbocycles. The van der Waals surface area contributed by atoms with Crippen LogP contribution in [0.4, 0.5) is 5.69 Å². The minimum absolute atomic E-state index is 0.00861. The number of phenols is 1. The van der Waals surface area contributed by atoms with Crippen molar-refractivity contribution in [2.24, 2.45) is 0 Å². The van der Waals surface area contributed by atoms with Gasteiger partial charge in [-0.05, 0) is 49.0 Å². The van der Waals surface area contributed by atoms with Gasteiger partial charge in [0.05, 0.1) is 44.7 Å². The lowest BCUT2D eigenvalue weighted by atomic mass is 9.93. The fourth-order valence-corrected chi connectivity index (χ4v) is 4.55. The summed E-state index contributed by atoms with van der Waals surface area (Å²) < 4.78 is 16.2. The van der Waals surface area contributed by atoms with Crippen molar-refractivity contribution in [3.8, 4) is 17.2 Å². The Kier molecular flexibility index (Phi) is 6.71. The van der Waals surface area contributed by atoms with E-state index in [0.29, 0.717) is 59.7 Å². The zero-order chi connectivity index (χ0) is 23.5. The highest BCUT2D eigenvalue weighted by Crippen LogP contribution is 2.39. The van der Waals surface area contributed by atoms with Crippen molar-refractivity contribution in [1.29, 1.82) is 0 Å². The van der Waals surface area contributed by atoms with Crippen molar-refractivity contribution in [3.63, 3.8) is 0 Å². The van der Waals surface area contributed by atoms with Gasteiger partial charge in [0.25, 0.3) is 5.91 Å². The number of hydrogen-bond donors (Lipinski definition) is 2. The molecule has 4 rings (SSSR count). The third-order valence-electron chi connectivity index (χ3n) is 5.88. The number of aromatic hydroxyl groups is 1. The highest BCUT2D eigenvalue weighted by atomic mass is 32.1. The Balaban J connectivity index is 1.85. The molecule has 1 saturated heterocycles. The predicted molar refractivity (Wildman–Crippen MR) is 129 cm³/mol. The van der Waals surface area contributed by atoms with E-state index in [4.69, 9.17) is 26.4 Å². The molecule has 1 amide bonds. The minimum atomic E-state index is -0.546. The van der Waals surface area contributed by atoms with Crippen LogP contribution in [-0.2, 0) is 9.53 Å². The first-order chi connectivity index (χ1) is 16.0. The maximum absolute atomic E-state index is 13.8. The lowest BCUT2D eigenvalue weighted by Gasteiger charge is -2.40. The van der Waals surface area contributed by atoms with Gasteiger partial charge < -0.3 is 29.5 Å². The molecule has 0 aliphatic carbocycles. The molecule has 1 unspecified atom stereocenters. The van der Waals surface area contributed by atoms with E-state index in [1.54, 1.807) is 24.1 Å². The van der Waals surface area contributed by atoms with Crippen molar-refractivity contribution in [1.82, 2.24) is 10.2 Å². The Morgan fingerprint density at radius 3 is 2.48 bits per heavy atom. The number of methoxy groups -OCH3 is 2. The fourth-order valence-electron chi connectivity index (χ4n) is 4.20. The van der Waals surface area contributed by atoms with Crippen LogP contribution in [0.2, 0.25) is 0 Å². The summed E-state index contributed by atoms with van der Waals surface area (Å²) in [5.41, 5.74) is 2.67. The number of para-hydroxylation sites is 2. The zero-order valence-corrected chi connectivity index (χ0v) is 19.6. The van der Waals surface area contributed by atoms with Gasteiger partial charge in [0, 0.05) is 18.8 Å². The number of allylic oxidation sites excluding steroid dienone is 1. The monoisotopic (exact) mass is 469 g/mol. The van der Waals surface area contributed by atoms with Crippen LogP contribution < -0.4 is 19.7 Å². The van der Waals surface area contributed by atoms with E-state index in [1.807, 2.05) is 42.2 Å². The van der Waals surface area contributed by atoms with Crippen molar-refractivity contribution < 1.29 is 24.1 Å². The maximum atomic E-state index is 13.8. The molecule has 174 valence electrons. The van der Waals surface area contributed by atoms with Crippen molar-refractivity contribution in [2.75, 3.05) is 45.4 Å². The third-order valence-corrected chi connectivity index (χ3v) is 6.18. The van der Waals surface area contributed by atoms with Crippen LogP contribution in [0.25, 0.3) is 0 Å². The van der Waals surface area contributed by atoms with E-state index >= 15 is 0 Å². The number of benzene rings is 2. The molecule has 0 saturated carbocycles. The molecule has 2 aliphatic heterocycles. The van der Waals surface area contributed by atoms with Gasteiger partial charge in [0.2, 0.25) is 0 Å². The van der Waals surface area contributed by atoms with Gasteiger partial charge in [-0.2, -0.15) is 0 Å². The molecule has 2 aliphatic rings. The summed E-state index contributed by atoms with van der Waals surface area (Å²) in [5.74, 6) is 0.881. The summed E-state index contributed by atoms with van der Waals surface area (Å²) in [4.78, 5) is 17.4. The van der Waals surface area contributed by atoms with Gasteiger partial charge in [0.1, 0.15) is 5.75 Å². The number of rotatable bonds is 5. The van der Waals surface area contributed by atoms with Gasteiger partial charge in [-0.1, -0.05) is 18.2 Å². The first-order valence-corrected chi connectivity index (χ1v) is 11.1. The SMILES string of the molecule is COc1ccc(C2NC(=S)N(c3ccccc3OC)C(C)=C2C(=O)N2CCOCC2)cc1O. The first kappa shape index (κ1) is 22.9. The quantitative estimate of drug-likeness (QED) is 0.647. The van der Waals surface area contributed by atoms with Gasteiger partial charge in [0.15, 0.2) is 16.6 Å². The van der Waals surface area contributed by atoms with Crippen molar-refractivity contribution in [2.45, 2.75) is 13.0 Å². The molecule has 2 aromatic rings. The number of ether oxygens (including phenoxy) is 3. The molecule has 2 N–H and O–H groups in total. The zero-order valence-electron chi connectivity index (χ0n) is 18.8. The molecule has 9 heteroatoms. The molecular weight excluding hydrogens is 442 g/mol. The molecule has 33 heavy (non-hydrogen) atoms. The molecule has 0 aromatic heterocycles. The molecule has 1 fully saturated rings. The van der Waals surface area contributed by atoms with Crippen LogP contribution in [0, 0.1) is 0 Å². The smallest absolute Gasteiger partial charge is 0.254 e. The lowest BCUT2D eigenvalue weighted by Crippen LogP contribution is -2.51. The van der Waals surface area contributed by atoms with E-state index in [0.717, 1.165) is 5.69 Å². The normalized spacial score (nSPS) is 18.8. The Morgan fingerprint density at radius 2 is 1.82 bits per heavy atom. The summed E-state index contributed by atoms with van der Waals surface area (Å²) >= 11 is 5.74. The Labute approximate surface area is 198 Å². The van der Waals surface area contributed by atoms with Crippen LogP contribution in [-0.4, -0.2) is 61.5 Å². The summed E-state index contributed by atoms with van der Waals surface area (Å²) in [6.45, 7) is 3.89. The second kappa shape index (κ2) is 9.68. The lowest BCUT2D eigenvalue weighted by molar-refractivity contribution is -0.131. The number of morpholine rings is 1. The second-order valence-electron chi connectivity index (χ2n) is 7.72. The molecule has 2 heterocycles. The van der Waals surface area contributed by atoms with Crippen LogP contribution in [0.1, 0.15) is 18.5 Å². The number of carbonyl (C=O) groups excluding carboxylic acids is 1.